The molecular formula is C21H27N5O3. The fraction of sp³-hybridized carbons (Fsp3) is 0.476. The standard InChI is InChI=1S/C21H27N5O3/c27-18(12-26-7-5-15-3-1-2-4-16(15)11-26)10-22-21(28)19-9-20(24-14-23-19)25-17-6-8-29-13-17/h1-4,9,14,17-18,27H,5-8,10-13H2,(H,22,28)(H,23,24,25). The minimum absolute atomic E-state index is 0.181. The molecule has 1 aromatic heterocycles. The zero-order valence-corrected chi connectivity index (χ0v) is 16.4. The molecule has 1 aromatic carbocycles. The molecule has 3 heterocycles. The zero-order valence-electron chi connectivity index (χ0n) is 16.4. The lowest BCUT2D eigenvalue weighted by Crippen LogP contribution is -2.42. The lowest BCUT2D eigenvalue weighted by Gasteiger charge is -2.30. The lowest BCUT2D eigenvalue weighted by molar-refractivity contribution is 0.0838. The van der Waals surface area contributed by atoms with E-state index in [1.807, 2.05) is 6.07 Å². The van der Waals surface area contributed by atoms with Gasteiger partial charge in [-0.05, 0) is 24.0 Å². The first kappa shape index (κ1) is 19.8. The third kappa shape index (κ3) is 5.29. The molecule has 2 aliphatic rings. The van der Waals surface area contributed by atoms with Gasteiger partial charge in [-0.25, -0.2) is 9.97 Å². The molecule has 154 valence electrons. The third-order valence-corrected chi connectivity index (χ3v) is 5.36. The van der Waals surface area contributed by atoms with Gasteiger partial charge in [0.25, 0.3) is 5.91 Å². The molecular weight excluding hydrogens is 370 g/mol. The number of aromatic nitrogens is 2. The Morgan fingerprint density at radius 3 is 3.00 bits per heavy atom. The first-order valence-electron chi connectivity index (χ1n) is 10.1. The number of ether oxygens (including phenoxy) is 1. The molecule has 0 bridgehead atoms. The second kappa shape index (κ2) is 9.30. The zero-order chi connectivity index (χ0) is 20.1. The maximum absolute atomic E-state index is 12.4. The molecule has 0 radical (unpaired) electrons. The molecule has 2 aliphatic heterocycles. The van der Waals surface area contributed by atoms with Gasteiger partial charge in [0.15, 0.2) is 0 Å². The SMILES string of the molecule is O=C(NCC(O)CN1CCc2ccccc2C1)c1cc(NC2CCOC2)ncn1. The summed E-state index contributed by atoms with van der Waals surface area (Å²) in [7, 11) is 0. The van der Waals surface area contributed by atoms with Gasteiger partial charge >= 0.3 is 0 Å². The van der Waals surface area contributed by atoms with Gasteiger partial charge in [0.1, 0.15) is 17.8 Å². The lowest BCUT2D eigenvalue weighted by atomic mass is 10.00. The van der Waals surface area contributed by atoms with Crippen LogP contribution < -0.4 is 10.6 Å². The summed E-state index contributed by atoms with van der Waals surface area (Å²) in [5.74, 6) is 0.286. The Balaban J connectivity index is 1.25. The van der Waals surface area contributed by atoms with Crippen LogP contribution in [0.5, 0.6) is 0 Å². The number of fused-ring (bicyclic) bond motifs is 1. The van der Waals surface area contributed by atoms with Crippen LogP contribution in [0.1, 0.15) is 28.0 Å². The molecule has 29 heavy (non-hydrogen) atoms. The fourth-order valence-electron chi connectivity index (χ4n) is 3.79. The largest absolute Gasteiger partial charge is 0.390 e. The average molecular weight is 397 g/mol. The van der Waals surface area contributed by atoms with Gasteiger partial charge in [0.05, 0.1) is 18.8 Å². The van der Waals surface area contributed by atoms with Gasteiger partial charge in [-0.3, -0.25) is 9.69 Å². The molecule has 1 amide bonds. The van der Waals surface area contributed by atoms with Crippen LogP contribution in [0.25, 0.3) is 0 Å². The Morgan fingerprint density at radius 1 is 1.31 bits per heavy atom. The molecule has 1 saturated heterocycles. The molecule has 8 heteroatoms. The van der Waals surface area contributed by atoms with Gasteiger partial charge in [-0.15, -0.1) is 0 Å². The summed E-state index contributed by atoms with van der Waals surface area (Å²) in [5.41, 5.74) is 2.97. The van der Waals surface area contributed by atoms with E-state index in [1.54, 1.807) is 6.07 Å². The van der Waals surface area contributed by atoms with Crippen molar-refractivity contribution in [3.63, 3.8) is 0 Å². The molecule has 0 spiro atoms. The Kier molecular flexibility index (Phi) is 6.33. The van der Waals surface area contributed by atoms with E-state index in [2.05, 4.69) is 43.7 Å². The number of benzene rings is 1. The number of β-amino-alcohol motifs (C(OH)–C–C–N with tert-alkyl or cyclic N) is 1. The molecule has 0 aliphatic carbocycles. The van der Waals surface area contributed by atoms with Crippen LogP contribution in [0, 0.1) is 0 Å². The number of nitrogens with one attached hydrogen (secondary N) is 2. The highest BCUT2D eigenvalue weighted by Gasteiger charge is 2.20. The second-order valence-corrected chi connectivity index (χ2v) is 7.61. The highest BCUT2D eigenvalue weighted by Crippen LogP contribution is 2.18. The molecule has 8 nitrogen and oxygen atoms in total. The van der Waals surface area contributed by atoms with E-state index in [0.29, 0.717) is 19.0 Å². The smallest absolute Gasteiger partial charge is 0.270 e. The summed E-state index contributed by atoms with van der Waals surface area (Å²) in [4.78, 5) is 22.8. The number of aliphatic hydroxyl groups is 1. The van der Waals surface area contributed by atoms with Crippen molar-refractivity contribution in [2.75, 3.05) is 38.2 Å². The number of amides is 1. The summed E-state index contributed by atoms with van der Waals surface area (Å²) in [5, 5.41) is 16.4. The quantitative estimate of drug-likeness (QED) is 0.636. The van der Waals surface area contributed by atoms with Crippen molar-refractivity contribution in [2.45, 2.75) is 31.5 Å². The van der Waals surface area contributed by atoms with Gasteiger partial charge in [0, 0.05) is 38.9 Å². The normalized spacial score (nSPS) is 20.1. The first-order chi connectivity index (χ1) is 14.2. The maximum Gasteiger partial charge on any atom is 0.270 e. The van der Waals surface area contributed by atoms with Gasteiger partial charge in [0.2, 0.25) is 0 Å². The van der Waals surface area contributed by atoms with E-state index < -0.39 is 6.10 Å². The Morgan fingerprint density at radius 2 is 2.17 bits per heavy atom. The Hall–Kier alpha value is -2.55. The van der Waals surface area contributed by atoms with Crippen molar-refractivity contribution in [1.82, 2.24) is 20.2 Å². The predicted molar refractivity (Wildman–Crippen MR) is 109 cm³/mol. The van der Waals surface area contributed by atoms with Crippen molar-refractivity contribution in [3.05, 3.63) is 53.5 Å². The molecule has 2 atom stereocenters. The monoisotopic (exact) mass is 397 g/mol. The van der Waals surface area contributed by atoms with Crippen LogP contribution >= 0.6 is 0 Å². The number of hydrogen-bond donors (Lipinski definition) is 3. The van der Waals surface area contributed by atoms with Crippen LogP contribution in [0.15, 0.2) is 36.7 Å². The summed E-state index contributed by atoms with van der Waals surface area (Å²) >= 11 is 0. The van der Waals surface area contributed by atoms with Gasteiger partial charge < -0.3 is 20.5 Å². The summed E-state index contributed by atoms with van der Waals surface area (Å²) in [6.45, 7) is 3.81. The molecule has 4 rings (SSSR count). The molecule has 0 saturated carbocycles. The van der Waals surface area contributed by atoms with Crippen LogP contribution in [-0.2, 0) is 17.7 Å². The third-order valence-electron chi connectivity index (χ3n) is 5.36. The van der Waals surface area contributed by atoms with Crippen molar-refractivity contribution >= 4 is 11.7 Å². The predicted octanol–water partition coefficient (Wildman–Crippen LogP) is 0.826. The van der Waals surface area contributed by atoms with Crippen LogP contribution in [0.3, 0.4) is 0 Å². The summed E-state index contributed by atoms with van der Waals surface area (Å²) < 4.78 is 5.34. The van der Waals surface area contributed by atoms with E-state index in [9.17, 15) is 9.90 Å². The molecule has 2 unspecified atom stereocenters. The Labute approximate surface area is 170 Å². The Bertz CT molecular complexity index is 841. The minimum atomic E-state index is -0.640. The van der Waals surface area contributed by atoms with E-state index in [0.717, 1.165) is 32.5 Å². The van der Waals surface area contributed by atoms with E-state index >= 15 is 0 Å². The number of aliphatic hydroxyl groups excluding tert-OH is 1. The number of hydrogen-bond acceptors (Lipinski definition) is 7. The number of rotatable bonds is 7. The van der Waals surface area contributed by atoms with Gasteiger partial charge in [-0.1, -0.05) is 24.3 Å². The van der Waals surface area contributed by atoms with E-state index in [4.69, 9.17) is 4.74 Å². The van der Waals surface area contributed by atoms with Crippen molar-refractivity contribution in [3.8, 4) is 0 Å². The maximum atomic E-state index is 12.4. The van der Waals surface area contributed by atoms with Crippen LogP contribution in [0.2, 0.25) is 0 Å². The van der Waals surface area contributed by atoms with Gasteiger partial charge in [-0.2, -0.15) is 0 Å². The molecule has 3 N–H and O–H groups in total. The molecule has 2 aromatic rings. The molecule has 1 fully saturated rings. The first-order valence-corrected chi connectivity index (χ1v) is 10.1. The number of nitrogens with zero attached hydrogens (tertiary/aromatic N) is 3. The fourth-order valence-corrected chi connectivity index (χ4v) is 3.79. The summed E-state index contributed by atoms with van der Waals surface area (Å²) in [6, 6.07) is 10.2. The highest BCUT2D eigenvalue weighted by molar-refractivity contribution is 5.92. The number of carbonyl (C=O) groups excluding carboxylic acids is 1. The van der Waals surface area contributed by atoms with E-state index in [1.165, 1.54) is 17.5 Å². The summed E-state index contributed by atoms with van der Waals surface area (Å²) in [6.07, 6.45) is 2.63. The van der Waals surface area contributed by atoms with Crippen molar-refractivity contribution in [2.24, 2.45) is 0 Å². The van der Waals surface area contributed by atoms with Crippen molar-refractivity contribution < 1.29 is 14.6 Å². The number of carbonyl (C=O) groups is 1. The minimum Gasteiger partial charge on any atom is -0.390 e. The van der Waals surface area contributed by atoms with Crippen LogP contribution in [0.4, 0.5) is 5.82 Å². The van der Waals surface area contributed by atoms with E-state index in [-0.39, 0.29) is 24.2 Å². The van der Waals surface area contributed by atoms with Crippen LogP contribution in [-0.4, -0.2) is 70.9 Å². The number of anilines is 1. The topological polar surface area (TPSA) is 99.6 Å². The average Bonchev–Trinajstić information content (AvgIpc) is 3.25. The highest BCUT2D eigenvalue weighted by atomic mass is 16.5. The second-order valence-electron chi connectivity index (χ2n) is 7.61. The van der Waals surface area contributed by atoms with Crippen molar-refractivity contribution in [1.29, 1.82) is 0 Å².